The smallest absolute Gasteiger partial charge is 0.282 e. The number of benzene rings is 2. The van der Waals surface area contributed by atoms with Crippen LogP contribution in [-0.2, 0) is 0 Å². The summed E-state index contributed by atoms with van der Waals surface area (Å²) in [5.41, 5.74) is 1.35. The van der Waals surface area contributed by atoms with E-state index in [-0.39, 0.29) is 11.5 Å². The van der Waals surface area contributed by atoms with Crippen LogP contribution in [0.2, 0.25) is 0 Å². The third-order valence-corrected chi connectivity index (χ3v) is 6.24. The zero-order chi connectivity index (χ0) is 23.2. The fourth-order valence-electron chi connectivity index (χ4n) is 4.17. The highest BCUT2D eigenvalue weighted by Gasteiger charge is 2.22. The summed E-state index contributed by atoms with van der Waals surface area (Å²) >= 11 is 3.46. The van der Waals surface area contributed by atoms with Crippen LogP contribution in [0.5, 0.6) is 11.5 Å². The summed E-state index contributed by atoms with van der Waals surface area (Å²) in [4.78, 5) is 18.3. The molecule has 0 unspecified atom stereocenters. The Kier molecular flexibility index (Phi) is 7.60. The van der Waals surface area contributed by atoms with Crippen LogP contribution < -0.4 is 15.0 Å². The minimum absolute atomic E-state index is 0.158. The maximum atomic E-state index is 13.4. The first kappa shape index (κ1) is 23.2. The zero-order valence-corrected chi connectivity index (χ0v) is 20.4. The van der Waals surface area contributed by atoms with Gasteiger partial charge < -0.3 is 9.47 Å². The van der Waals surface area contributed by atoms with E-state index in [1.54, 1.807) is 18.4 Å². The number of fused-ring (bicyclic) bond motifs is 1. The number of rotatable bonds is 8. The molecule has 0 saturated heterocycles. The predicted molar refractivity (Wildman–Crippen MR) is 136 cm³/mol. The van der Waals surface area contributed by atoms with E-state index in [4.69, 9.17) is 14.5 Å². The first-order valence-corrected chi connectivity index (χ1v) is 12.2. The highest BCUT2D eigenvalue weighted by Crippen LogP contribution is 2.32. The molecule has 1 fully saturated rings. The van der Waals surface area contributed by atoms with Crippen molar-refractivity contribution in [3.63, 3.8) is 0 Å². The summed E-state index contributed by atoms with van der Waals surface area (Å²) in [6.45, 7) is 6.52. The van der Waals surface area contributed by atoms with Gasteiger partial charge in [-0.15, -0.1) is 0 Å². The molecule has 0 amide bonds. The van der Waals surface area contributed by atoms with Crippen molar-refractivity contribution in [3.8, 4) is 11.5 Å². The molecule has 1 aliphatic rings. The molecule has 1 aliphatic carbocycles. The van der Waals surface area contributed by atoms with E-state index in [0.717, 1.165) is 41.5 Å². The normalized spacial score (nSPS) is 14.6. The molecule has 3 aromatic rings. The Hall–Kier alpha value is -2.93. The topological polar surface area (TPSA) is 65.7 Å². The number of hydrogen-bond acceptors (Lipinski definition) is 5. The largest absolute Gasteiger partial charge is 0.490 e. The average molecular weight is 510 g/mol. The number of hydrogen-bond donors (Lipinski definition) is 0. The fraction of sp³-hybridized carbons (Fsp3) is 0.346. The lowest BCUT2D eigenvalue weighted by Crippen LogP contribution is -2.25. The summed E-state index contributed by atoms with van der Waals surface area (Å²) in [6.07, 6.45) is 8.93. The second kappa shape index (κ2) is 10.8. The van der Waals surface area contributed by atoms with Crippen molar-refractivity contribution in [3.05, 3.63) is 75.3 Å². The number of aromatic nitrogens is 2. The first-order valence-electron chi connectivity index (χ1n) is 11.4. The van der Waals surface area contributed by atoms with Gasteiger partial charge >= 0.3 is 0 Å². The van der Waals surface area contributed by atoms with Crippen molar-refractivity contribution in [1.82, 2.24) is 9.66 Å². The van der Waals surface area contributed by atoms with Crippen LogP contribution in [0.15, 0.2) is 63.4 Å². The van der Waals surface area contributed by atoms with Crippen molar-refractivity contribution in [2.45, 2.75) is 44.9 Å². The van der Waals surface area contributed by atoms with Crippen LogP contribution in [0, 0.1) is 0 Å². The van der Waals surface area contributed by atoms with Crippen LogP contribution in [0.1, 0.15) is 56.3 Å². The fourth-order valence-corrected chi connectivity index (χ4v) is 4.53. The highest BCUT2D eigenvalue weighted by atomic mass is 79.9. The average Bonchev–Trinajstić information content (AvgIpc) is 2.84. The summed E-state index contributed by atoms with van der Waals surface area (Å²) in [5.74, 6) is 2.24. The van der Waals surface area contributed by atoms with E-state index < -0.39 is 0 Å². The van der Waals surface area contributed by atoms with E-state index in [9.17, 15) is 4.79 Å². The molecule has 1 heterocycles. The predicted octanol–water partition coefficient (Wildman–Crippen LogP) is 6.05. The third kappa shape index (κ3) is 5.36. The van der Waals surface area contributed by atoms with E-state index in [0.29, 0.717) is 35.6 Å². The Morgan fingerprint density at radius 2 is 1.97 bits per heavy atom. The lowest BCUT2D eigenvalue weighted by Gasteiger charge is -2.22. The van der Waals surface area contributed by atoms with Gasteiger partial charge in [-0.1, -0.05) is 47.8 Å². The summed E-state index contributed by atoms with van der Waals surface area (Å²) in [7, 11) is 0. The van der Waals surface area contributed by atoms with Crippen LogP contribution >= 0.6 is 15.9 Å². The molecule has 4 rings (SSSR count). The maximum Gasteiger partial charge on any atom is 0.282 e. The van der Waals surface area contributed by atoms with Gasteiger partial charge in [0, 0.05) is 10.4 Å². The number of halogens is 1. The molecule has 0 bridgehead atoms. The molecule has 1 saturated carbocycles. The SMILES string of the molecule is C=CCOc1ccc(C=Nn2c(C3CCCCC3)nc3ccc(Br)cc3c2=O)cc1OCC. The first-order chi connectivity index (χ1) is 16.1. The van der Waals surface area contributed by atoms with Crippen LogP contribution in [0.3, 0.4) is 0 Å². The molecule has 0 spiro atoms. The monoisotopic (exact) mass is 509 g/mol. The third-order valence-electron chi connectivity index (χ3n) is 5.75. The van der Waals surface area contributed by atoms with Gasteiger partial charge in [0.15, 0.2) is 11.5 Å². The molecule has 0 N–H and O–H groups in total. The van der Waals surface area contributed by atoms with Crippen LogP contribution in [0.4, 0.5) is 0 Å². The Morgan fingerprint density at radius 3 is 2.73 bits per heavy atom. The Bertz CT molecular complexity index is 1230. The minimum atomic E-state index is -0.158. The van der Waals surface area contributed by atoms with E-state index >= 15 is 0 Å². The van der Waals surface area contributed by atoms with Gasteiger partial charge in [0.05, 0.1) is 23.7 Å². The number of nitrogens with zero attached hydrogens (tertiary/aromatic N) is 3. The highest BCUT2D eigenvalue weighted by molar-refractivity contribution is 9.10. The molecule has 0 aliphatic heterocycles. The van der Waals surface area contributed by atoms with E-state index in [2.05, 4.69) is 27.6 Å². The molecule has 7 heteroatoms. The lowest BCUT2D eigenvalue weighted by molar-refractivity contribution is 0.297. The molecule has 6 nitrogen and oxygen atoms in total. The minimum Gasteiger partial charge on any atom is -0.490 e. The second-order valence-corrected chi connectivity index (χ2v) is 8.98. The zero-order valence-electron chi connectivity index (χ0n) is 18.8. The second-order valence-electron chi connectivity index (χ2n) is 8.07. The van der Waals surface area contributed by atoms with Gasteiger partial charge in [0.1, 0.15) is 12.4 Å². The molecule has 33 heavy (non-hydrogen) atoms. The van der Waals surface area contributed by atoms with Crippen LogP contribution in [-0.4, -0.2) is 29.1 Å². The molecule has 172 valence electrons. The molecule has 0 radical (unpaired) electrons. The quantitative estimate of drug-likeness (QED) is 0.273. The number of ether oxygens (including phenoxy) is 2. The summed E-state index contributed by atoms with van der Waals surface area (Å²) in [6, 6.07) is 11.2. The van der Waals surface area contributed by atoms with Crippen molar-refractivity contribution >= 4 is 33.0 Å². The maximum absolute atomic E-state index is 13.4. The summed E-state index contributed by atoms with van der Waals surface area (Å²) < 4.78 is 13.7. The summed E-state index contributed by atoms with van der Waals surface area (Å²) in [5, 5.41) is 5.16. The molecular formula is C26H28BrN3O3. The van der Waals surface area contributed by atoms with Gasteiger partial charge in [0.2, 0.25) is 0 Å². The Balaban J connectivity index is 1.76. The van der Waals surface area contributed by atoms with Gasteiger partial charge in [-0.3, -0.25) is 4.79 Å². The van der Waals surface area contributed by atoms with Crippen LogP contribution in [0.25, 0.3) is 10.9 Å². The van der Waals surface area contributed by atoms with E-state index in [1.807, 2.05) is 37.3 Å². The van der Waals surface area contributed by atoms with Gasteiger partial charge in [-0.05, 0) is 61.7 Å². The molecule has 1 aromatic heterocycles. The Labute approximate surface area is 202 Å². The molecule has 0 atom stereocenters. The van der Waals surface area contributed by atoms with E-state index in [1.165, 1.54) is 11.1 Å². The van der Waals surface area contributed by atoms with Crippen molar-refractivity contribution in [2.24, 2.45) is 5.10 Å². The van der Waals surface area contributed by atoms with Crippen molar-refractivity contribution < 1.29 is 9.47 Å². The van der Waals surface area contributed by atoms with Gasteiger partial charge in [0.25, 0.3) is 5.56 Å². The van der Waals surface area contributed by atoms with Gasteiger partial charge in [-0.25, -0.2) is 4.98 Å². The lowest BCUT2D eigenvalue weighted by atomic mass is 9.88. The standard InChI is InChI=1S/C26H28BrN3O3/c1-3-14-33-23-13-10-18(15-24(23)32-4-2)17-28-30-25(19-8-6-5-7-9-19)29-22-12-11-20(27)16-21(22)26(30)31/h3,10-13,15-17,19H,1,4-9,14H2,2H3. The molecule has 2 aromatic carbocycles. The molecular weight excluding hydrogens is 482 g/mol. The van der Waals surface area contributed by atoms with Crippen molar-refractivity contribution in [1.29, 1.82) is 0 Å². The van der Waals surface area contributed by atoms with Gasteiger partial charge in [-0.2, -0.15) is 9.78 Å². The van der Waals surface area contributed by atoms with Crippen molar-refractivity contribution in [2.75, 3.05) is 13.2 Å². The Morgan fingerprint density at radius 1 is 1.15 bits per heavy atom.